The summed E-state index contributed by atoms with van der Waals surface area (Å²) < 4.78 is 5.00. The molecule has 0 unspecified atom stereocenters. The van der Waals surface area contributed by atoms with Gasteiger partial charge in [0.05, 0.1) is 29.0 Å². The second-order valence-electron chi connectivity index (χ2n) is 5.56. The largest absolute Gasteiger partial charge is 0.459 e. The third-order valence-corrected chi connectivity index (χ3v) is 4.37. The fraction of sp³-hybridized carbons (Fsp3) is 0.118. The number of amides is 2. The van der Waals surface area contributed by atoms with Crippen molar-refractivity contribution in [3.63, 3.8) is 0 Å². The number of thiazole rings is 1. The van der Waals surface area contributed by atoms with Crippen molar-refractivity contribution in [3.8, 4) is 0 Å². The van der Waals surface area contributed by atoms with Crippen molar-refractivity contribution in [1.29, 1.82) is 0 Å². The Morgan fingerprint density at radius 1 is 1.30 bits per heavy atom. The topological polar surface area (TPSA) is 127 Å². The third kappa shape index (κ3) is 4.55. The van der Waals surface area contributed by atoms with Crippen molar-refractivity contribution in [2.45, 2.75) is 13.3 Å². The number of aryl methyl sites for hydroxylation is 1. The van der Waals surface area contributed by atoms with Crippen LogP contribution >= 0.6 is 11.3 Å². The molecule has 0 aliphatic rings. The van der Waals surface area contributed by atoms with Crippen LogP contribution in [-0.2, 0) is 11.2 Å². The van der Waals surface area contributed by atoms with Crippen LogP contribution in [0.25, 0.3) is 0 Å². The molecule has 27 heavy (non-hydrogen) atoms. The van der Waals surface area contributed by atoms with Gasteiger partial charge in [0.2, 0.25) is 5.91 Å². The average Bonchev–Trinajstić information content (AvgIpc) is 3.28. The summed E-state index contributed by atoms with van der Waals surface area (Å²) in [5.74, 6) is -0.643. The van der Waals surface area contributed by atoms with Crippen LogP contribution in [0.2, 0.25) is 0 Å². The SMILES string of the molecule is Cc1ccc([N+](=O)[O-])cc1NC(=O)Cc1csc(NC(=O)c2ccco2)n1. The number of furan rings is 1. The quantitative estimate of drug-likeness (QED) is 0.494. The van der Waals surface area contributed by atoms with Gasteiger partial charge in [0.25, 0.3) is 11.6 Å². The molecule has 10 heteroatoms. The molecule has 2 amide bonds. The summed E-state index contributed by atoms with van der Waals surface area (Å²) in [5, 5.41) is 18.1. The molecule has 2 heterocycles. The first-order valence-corrected chi connectivity index (χ1v) is 8.64. The van der Waals surface area contributed by atoms with Crippen molar-refractivity contribution < 1.29 is 18.9 Å². The minimum atomic E-state index is -0.524. The molecular weight excluding hydrogens is 372 g/mol. The maximum atomic E-state index is 12.2. The average molecular weight is 386 g/mol. The first kappa shape index (κ1) is 18.3. The Hall–Kier alpha value is -3.53. The fourth-order valence-corrected chi connectivity index (χ4v) is 2.93. The number of nitro benzene ring substituents is 1. The predicted molar refractivity (Wildman–Crippen MR) is 98.9 cm³/mol. The van der Waals surface area contributed by atoms with Crippen LogP contribution in [0.1, 0.15) is 21.8 Å². The number of nitro groups is 1. The van der Waals surface area contributed by atoms with E-state index in [1.54, 1.807) is 24.4 Å². The number of nitrogens with one attached hydrogen (secondary N) is 2. The standard InChI is InChI=1S/C17H14N4O5S/c1-10-4-5-12(21(24)25)8-13(10)19-15(22)7-11-9-27-17(18-11)20-16(23)14-3-2-6-26-14/h2-6,8-9H,7H2,1H3,(H,19,22)(H,18,20,23). The predicted octanol–water partition coefficient (Wildman–Crippen LogP) is 3.39. The Morgan fingerprint density at radius 3 is 2.81 bits per heavy atom. The molecule has 0 fully saturated rings. The van der Waals surface area contributed by atoms with E-state index in [9.17, 15) is 19.7 Å². The molecule has 0 radical (unpaired) electrons. The molecule has 9 nitrogen and oxygen atoms in total. The molecule has 0 spiro atoms. The molecule has 0 bridgehead atoms. The molecule has 0 atom stereocenters. The number of carbonyl (C=O) groups is 2. The first-order valence-electron chi connectivity index (χ1n) is 7.76. The van der Waals surface area contributed by atoms with Crippen LogP contribution in [0.15, 0.2) is 46.4 Å². The molecule has 3 aromatic rings. The van der Waals surface area contributed by atoms with Crippen LogP contribution in [-0.4, -0.2) is 21.7 Å². The maximum absolute atomic E-state index is 12.2. The Balaban J connectivity index is 1.62. The Bertz CT molecular complexity index is 997. The van der Waals surface area contributed by atoms with Gasteiger partial charge in [0.15, 0.2) is 10.9 Å². The number of aromatic nitrogens is 1. The van der Waals surface area contributed by atoms with Gasteiger partial charge in [-0.2, -0.15) is 0 Å². The summed E-state index contributed by atoms with van der Waals surface area (Å²) in [6, 6.07) is 7.38. The number of non-ortho nitro benzene ring substituents is 1. The Labute approximate surface area is 157 Å². The van der Waals surface area contributed by atoms with E-state index in [2.05, 4.69) is 15.6 Å². The number of rotatable bonds is 6. The molecule has 0 saturated heterocycles. The molecular formula is C17H14N4O5S. The van der Waals surface area contributed by atoms with Gasteiger partial charge in [0, 0.05) is 17.5 Å². The van der Waals surface area contributed by atoms with E-state index >= 15 is 0 Å². The van der Waals surface area contributed by atoms with Crippen LogP contribution in [0.5, 0.6) is 0 Å². The fourth-order valence-electron chi connectivity index (χ4n) is 2.23. The highest BCUT2D eigenvalue weighted by Crippen LogP contribution is 2.22. The summed E-state index contributed by atoms with van der Waals surface area (Å²) in [6.07, 6.45) is 1.36. The zero-order valence-corrected chi connectivity index (χ0v) is 14.9. The molecule has 0 aliphatic heterocycles. The molecule has 2 N–H and O–H groups in total. The van der Waals surface area contributed by atoms with E-state index in [-0.39, 0.29) is 23.8 Å². The highest BCUT2D eigenvalue weighted by atomic mass is 32.1. The summed E-state index contributed by atoms with van der Waals surface area (Å²) in [4.78, 5) is 38.6. The summed E-state index contributed by atoms with van der Waals surface area (Å²) in [7, 11) is 0. The van der Waals surface area contributed by atoms with Gasteiger partial charge >= 0.3 is 0 Å². The van der Waals surface area contributed by atoms with E-state index in [1.807, 2.05) is 0 Å². The molecule has 1 aromatic carbocycles. The third-order valence-electron chi connectivity index (χ3n) is 3.56. The van der Waals surface area contributed by atoms with E-state index < -0.39 is 10.8 Å². The first-order chi connectivity index (χ1) is 12.9. The lowest BCUT2D eigenvalue weighted by molar-refractivity contribution is -0.384. The van der Waals surface area contributed by atoms with Crippen LogP contribution in [0, 0.1) is 17.0 Å². The van der Waals surface area contributed by atoms with Crippen molar-refractivity contribution in [3.05, 3.63) is 69.1 Å². The molecule has 0 saturated carbocycles. The lowest BCUT2D eigenvalue weighted by Gasteiger charge is -2.07. The normalized spacial score (nSPS) is 10.4. The van der Waals surface area contributed by atoms with Gasteiger partial charge in [-0.25, -0.2) is 4.98 Å². The smallest absolute Gasteiger partial charge is 0.293 e. The number of hydrogen-bond acceptors (Lipinski definition) is 7. The van der Waals surface area contributed by atoms with Crippen molar-refractivity contribution in [2.24, 2.45) is 0 Å². The molecule has 0 aliphatic carbocycles. The summed E-state index contributed by atoms with van der Waals surface area (Å²) in [5.41, 5.74) is 1.44. The maximum Gasteiger partial charge on any atom is 0.293 e. The van der Waals surface area contributed by atoms with Gasteiger partial charge in [-0.15, -0.1) is 11.3 Å². The number of hydrogen-bond donors (Lipinski definition) is 2. The van der Waals surface area contributed by atoms with Gasteiger partial charge in [-0.05, 0) is 24.6 Å². The highest BCUT2D eigenvalue weighted by molar-refractivity contribution is 7.14. The van der Waals surface area contributed by atoms with E-state index in [0.29, 0.717) is 22.1 Å². The molecule has 3 rings (SSSR count). The van der Waals surface area contributed by atoms with E-state index in [1.165, 1.54) is 35.8 Å². The second kappa shape index (κ2) is 7.79. The number of anilines is 2. The van der Waals surface area contributed by atoms with Crippen molar-refractivity contribution >= 4 is 39.7 Å². The van der Waals surface area contributed by atoms with Gasteiger partial charge < -0.3 is 9.73 Å². The Kier molecular flexibility index (Phi) is 5.27. The summed E-state index contributed by atoms with van der Waals surface area (Å²) >= 11 is 1.18. The van der Waals surface area contributed by atoms with Crippen LogP contribution in [0.3, 0.4) is 0 Å². The lowest BCUT2D eigenvalue weighted by Crippen LogP contribution is -2.16. The van der Waals surface area contributed by atoms with Gasteiger partial charge in [-0.3, -0.25) is 25.0 Å². The minimum Gasteiger partial charge on any atom is -0.459 e. The molecule has 138 valence electrons. The second-order valence-corrected chi connectivity index (χ2v) is 6.41. The van der Waals surface area contributed by atoms with Crippen molar-refractivity contribution in [2.75, 3.05) is 10.6 Å². The van der Waals surface area contributed by atoms with Crippen molar-refractivity contribution in [1.82, 2.24) is 4.98 Å². The monoisotopic (exact) mass is 386 g/mol. The zero-order valence-electron chi connectivity index (χ0n) is 14.1. The van der Waals surface area contributed by atoms with E-state index in [0.717, 1.165) is 0 Å². The number of nitrogens with zero attached hydrogens (tertiary/aromatic N) is 2. The van der Waals surface area contributed by atoms with Crippen LogP contribution < -0.4 is 10.6 Å². The highest BCUT2D eigenvalue weighted by Gasteiger charge is 2.14. The number of carbonyl (C=O) groups excluding carboxylic acids is 2. The van der Waals surface area contributed by atoms with E-state index in [4.69, 9.17) is 4.42 Å². The zero-order chi connectivity index (χ0) is 19.4. The van der Waals surface area contributed by atoms with Crippen LogP contribution in [0.4, 0.5) is 16.5 Å². The van der Waals surface area contributed by atoms with Gasteiger partial charge in [0.1, 0.15) is 0 Å². The molecule has 2 aromatic heterocycles. The van der Waals surface area contributed by atoms with Gasteiger partial charge in [-0.1, -0.05) is 6.07 Å². The minimum absolute atomic E-state index is 0.0325. The number of benzene rings is 1. The Morgan fingerprint density at radius 2 is 2.11 bits per heavy atom. The summed E-state index contributed by atoms with van der Waals surface area (Å²) in [6.45, 7) is 1.74. The lowest BCUT2D eigenvalue weighted by atomic mass is 10.1.